The van der Waals surface area contributed by atoms with Gasteiger partial charge in [0.25, 0.3) is 0 Å². The van der Waals surface area contributed by atoms with Gasteiger partial charge in [0.05, 0.1) is 25.2 Å². The Morgan fingerprint density at radius 3 is 2.05 bits per heavy atom. The summed E-state index contributed by atoms with van der Waals surface area (Å²) in [5.41, 5.74) is -3.63. The average Bonchev–Trinajstić information content (AvgIpc) is 3.12. The number of nitrogens with zero attached hydrogens (tertiary/aromatic N) is 2. The van der Waals surface area contributed by atoms with Gasteiger partial charge in [0, 0.05) is 5.56 Å². The Bertz CT molecular complexity index is 764. The Morgan fingerprint density at radius 2 is 1.64 bits per heavy atom. The van der Waals surface area contributed by atoms with Gasteiger partial charge in [0.1, 0.15) is 5.75 Å². The summed E-state index contributed by atoms with van der Waals surface area (Å²) in [5.74, 6) is -3.08. The molecular weight excluding hydrogens is 286 g/mol. The number of carbonyl (C=O) groups is 3. The second-order valence-electron chi connectivity index (χ2n) is 5.15. The number of ketones is 1. The summed E-state index contributed by atoms with van der Waals surface area (Å²) in [4.78, 5) is 36.4. The summed E-state index contributed by atoms with van der Waals surface area (Å²) in [7, 11) is 1.47. The number of hydrogen-bond acceptors (Lipinski definition) is 6. The Morgan fingerprint density at radius 1 is 1.14 bits per heavy atom. The van der Waals surface area contributed by atoms with Gasteiger partial charge in [0.2, 0.25) is 11.8 Å². The van der Waals surface area contributed by atoms with Crippen molar-refractivity contribution in [3.8, 4) is 17.9 Å². The number of fused-ring (bicyclic) bond motifs is 1. The van der Waals surface area contributed by atoms with Gasteiger partial charge in [-0.25, -0.2) is 0 Å². The zero-order valence-corrected chi connectivity index (χ0v) is 11.4. The maximum atomic E-state index is 12.6. The van der Waals surface area contributed by atoms with Gasteiger partial charge in [-0.15, -0.1) is 0 Å². The van der Waals surface area contributed by atoms with Crippen LogP contribution in [0.1, 0.15) is 10.4 Å². The van der Waals surface area contributed by atoms with Crippen LogP contribution in [0.15, 0.2) is 24.3 Å². The quantitative estimate of drug-likeness (QED) is 0.627. The first kappa shape index (κ1) is 13.8. The number of nitrogens with one attached hydrogen (secondary N) is 1. The van der Waals surface area contributed by atoms with Crippen molar-refractivity contribution < 1.29 is 19.1 Å². The number of nitriles is 2. The number of methoxy groups -OCH3 is 1. The van der Waals surface area contributed by atoms with Crippen LogP contribution in [0.25, 0.3) is 0 Å². The number of carbonyl (C=O) groups excluding carboxylic acids is 3. The first-order chi connectivity index (χ1) is 10.5. The van der Waals surface area contributed by atoms with Crippen molar-refractivity contribution >= 4 is 17.6 Å². The van der Waals surface area contributed by atoms with Crippen molar-refractivity contribution in [1.82, 2.24) is 5.32 Å². The van der Waals surface area contributed by atoms with Crippen molar-refractivity contribution in [2.45, 2.75) is 0 Å². The summed E-state index contributed by atoms with van der Waals surface area (Å²) in [6, 6.07) is 9.44. The van der Waals surface area contributed by atoms with Crippen LogP contribution in [0, 0.1) is 39.4 Å². The Labute approximate surface area is 125 Å². The normalized spacial score (nSPS) is 31.5. The molecule has 2 aliphatic rings. The zero-order valence-electron chi connectivity index (χ0n) is 11.4. The first-order valence-electron chi connectivity index (χ1n) is 6.36. The van der Waals surface area contributed by atoms with Crippen LogP contribution in [0.4, 0.5) is 0 Å². The molecule has 0 aromatic heterocycles. The second-order valence-corrected chi connectivity index (χ2v) is 5.15. The first-order valence-corrected chi connectivity index (χ1v) is 6.36. The Balaban J connectivity index is 2.04. The molecule has 1 aliphatic carbocycles. The van der Waals surface area contributed by atoms with Crippen LogP contribution in [-0.4, -0.2) is 24.7 Å². The van der Waals surface area contributed by atoms with Crippen LogP contribution in [0.5, 0.6) is 5.75 Å². The molecule has 0 radical (unpaired) electrons. The molecule has 3 rings (SSSR count). The molecule has 2 amide bonds. The summed E-state index contributed by atoms with van der Waals surface area (Å²) >= 11 is 0. The van der Waals surface area contributed by atoms with E-state index in [1.165, 1.54) is 19.2 Å². The molecule has 1 aliphatic heterocycles. The number of hydrogen-bond donors (Lipinski definition) is 1. The fraction of sp³-hybridized carbons (Fsp3) is 0.267. The van der Waals surface area contributed by atoms with Gasteiger partial charge < -0.3 is 4.74 Å². The number of ether oxygens (including phenoxy) is 1. The van der Waals surface area contributed by atoms with Gasteiger partial charge in [-0.3, -0.25) is 19.7 Å². The molecule has 2 fully saturated rings. The highest BCUT2D eigenvalue weighted by Crippen LogP contribution is 2.72. The summed E-state index contributed by atoms with van der Waals surface area (Å²) in [5, 5.41) is 20.6. The van der Waals surface area contributed by atoms with Gasteiger partial charge in [-0.2, -0.15) is 10.5 Å². The van der Waals surface area contributed by atoms with E-state index < -0.39 is 34.3 Å². The molecule has 108 valence electrons. The Kier molecular flexibility index (Phi) is 2.60. The van der Waals surface area contributed by atoms with Crippen LogP contribution >= 0.6 is 0 Å². The van der Waals surface area contributed by atoms with E-state index in [0.29, 0.717) is 5.75 Å². The molecule has 0 spiro atoms. The molecule has 2 atom stereocenters. The lowest BCUT2D eigenvalue weighted by atomic mass is 9.98. The van der Waals surface area contributed by atoms with Crippen molar-refractivity contribution in [3.05, 3.63) is 29.8 Å². The largest absolute Gasteiger partial charge is 0.497 e. The predicted octanol–water partition coefficient (Wildman–Crippen LogP) is 0.184. The molecule has 1 N–H and O–H groups in total. The summed E-state index contributed by atoms with van der Waals surface area (Å²) in [6.45, 7) is 0. The molecule has 7 nitrogen and oxygen atoms in total. The van der Waals surface area contributed by atoms with E-state index in [9.17, 15) is 24.9 Å². The van der Waals surface area contributed by atoms with Gasteiger partial charge in [0.15, 0.2) is 16.6 Å². The van der Waals surface area contributed by atoms with E-state index in [2.05, 4.69) is 0 Å². The van der Waals surface area contributed by atoms with Crippen LogP contribution < -0.4 is 10.1 Å². The smallest absolute Gasteiger partial charge is 0.250 e. The van der Waals surface area contributed by atoms with Crippen molar-refractivity contribution in [2.75, 3.05) is 7.11 Å². The topological polar surface area (TPSA) is 120 Å². The monoisotopic (exact) mass is 295 g/mol. The lowest BCUT2D eigenvalue weighted by Gasteiger charge is -2.07. The number of piperidine rings is 1. The highest BCUT2D eigenvalue weighted by atomic mass is 16.5. The van der Waals surface area contributed by atoms with E-state index in [1.807, 2.05) is 5.32 Å². The second kappa shape index (κ2) is 4.15. The molecule has 1 aromatic carbocycles. The predicted molar refractivity (Wildman–Crippen MR) is 70.1 cm³/mol. The summed E-state index contributed by atoms with van der Waals surface area (Å²) in [6.07, 6.45) is 0. The number of benzene rings is 1. The van der Waals surface area contributed by atoms with E-state index in [0.717, 1.165) is 0 Å². The van der Waals surface area contributed by atoms with E-state index in [1.54, 1.807) is 24.3 Å². The maximum Gasteiger partial charge on any atom is 0.250 e. The number of Topliss-reactive ketones (excluding diaryl/α,β-unsaturated/α-hetero) is 1. The molecule has 1 saturated heterocycles. The molecule has 22 heavy (non-hydrogen) atoms. The number of imide groups is 1. The molecule has 1 aromatic rings. The highest BCUT2D eigenvalue weighted by Gasteiger charge is 2.92. The van der Waals surface area contributed by atoms with Gasteiger partial charge in [-0.1, -0.05) is 0 Å². The minimum Gasteiger partial charge on any atom is -0.497 e. The lowest BCUT2D eigenvalue weighted by Crippen LogP contribution is -2.34. The standard InChI is InChI=1S/C15H9N3O4/c1-22-9-4-2-8(3-5-9)10(19)11-14(6-16)12(20)18-13(21)15(11,14)7-17/h2-5,11H,1H3,(H,18,20,21)/t14-,15-/m0/s1. The summed E-state index contributed by atoms with van der Waals surface area (Å²) < 4.78 is 4.98. The number of amides is 2. The SMILES string of the molecule is COc1ccc(C(=O)C2[C@@]3(C#N)C(=O)NC(=O)[C@]23C#N)cc1. The van der Waals surface area contributed by atoms with Crippen LogP contribution in [-0.2, 0) is 9.59 Å². The molecule has 0 bridgehead atoms. The van der Waals surface area contributed by atoms with Crippen molar-refractivity contribution in [2.24, 2.45) is 16.7 Å². The van der Waals surface area contributed by atoms with Crippen LogP contribution in [0.3, 0.4) is 0 Å². The Hall–Kier alpha value is -3.19. The average molecular weight is 295 g/mol. The molecular formula is C15H9N3O4. The zero-order chi connectivity index (χ0) is 16.1. The van der Waals surface area contributed by atoms with Gasteiger partial charge in [-0.05, 0) is 24.3 Å². The van der Waals surface area contributed by atoms with E-state index in [4.69, 9.17) is 4.74 Å². The maximum absolute atomic E-state index is 12.6. The molecule has 7 heteroatoms. The third kappa shape index (κ3) is 1.26. The third-order valence-corrected chi connectivity index (χ3v) is 4.34. The number of rotatable bonds is 3. The molecule has 1 heterocycles. The van der Waals surface area contributed by atoms with E-state index >= 15 is 0 Å². The van der Waals surface area contributed by atoms with Crippen molar-refractivity contribution in [3.63, 3.8) is 0 Å². The molecule has 1 saturated carbocycles. The minimum atomic E-state index is -1.92. The lowest BCUT2D eigenvalue weighted by molar-refractivity contribution is -0.129. The minimum absolute atomic E-state index is 0.213. The van der Waals surface area contributed by atoms with E-state index in [-0.39, 0.29) is 5.56 Å². The fourth-order valence-corrected chi connectivity index (χ4v) is 3.12. The fourth-order valence-electron chi connectivity index (χ4n) is 3.12. The van der Waals surface area contributed by atoms with Gasteiger partial charge >= 0.3 is 0 Å². The third-order valence-electron chi connectivity index (χ3n) is 4.34. The highest BCUT2D eigenvalue weighted by molar-refractivity contribution is 6.24. The van der Waals surface area contributed by atoms with Crippen molar-refractivity contribution in [1.29, 1.82) is 10.5 Å². The van der Waals surface area contributed by atoms with Crippen LogP contribution in [0.2, 0.25) is 0 Å². The molecule has 0 unspecified atom stereocenters.